The van der Waals surface area contributed by atoms with Crippen LogP contribution in [0.4, 0.5) is 5.82 Å². The summed E-state index contributed by atoms with van der Waals surface area (Å²) in [4.78, 5) is 16.0. The maximum absolute atomic E-state index is 12.2. The third-order valence-electron chi connectivity index (χ3n) is 4.30. The number of aryl methyl sites for hydroxylation is 2. The molecule has 6 heteroatoms. The highest BCUT2D eigenvalue weighted by Crippen LogP contribution is 2.22. The molecule has 2 aromatic rings. The van der Waals surface area contributed by atoms with Crippen LogP contribution in [0, 0.1) is 6.92 Å². The van der Waals surface area contributed by atoms with E-state index in [9.17, 15) is 4.79 Å². The van der Waals surface area contributed by atoms with Crippen molar-refractivity contribution in [1.29, 1.82) is 0 Å². The molecule has 1 N–H and O–H groups in total. The first-order chi connectivity index (χ1) is 11.2. The van der Waals surface area contributed by atoms with E-state index in [0.717, 1.165) is 19.4 Å². The summed E-state index contributed by atoms with van der Waals surface area (Å²) in [6.07, 6.45) is 5.84. The molecule has 0 bridgehead atoms. The zero-order valence-corrected chi connectivity index (χ0v) is 14.3. The molecule has 0 aromatic carbocycles. The number of carbonyl (C=O) groups excluding carboxylic acids is 1. The maximum Gasteiger partial charge on any atom is 0.239 e. The molecule has 1 atom stereocenters. The number of hydrogen-bond donors (Lipinski definition) is 1. The molecular weight excluding hydrogens is 310 g/mol. The van der Waals surface area contributed by atoms with Crippen LogP contribution in [0.15, 0.2) is 28.1 Å². The molecule has 0 saturated carbocycles. The van der Waals surface area contributed by atoms with E-state index in [4.69, 9.17) is 4.52 Å². The van der Waals surface area contributed by atoms with E-state index in [-0.39, 0.29) is 5.91 Å². The van der Waals surface area contributed by atoms with Gasteiger partial charge in [0.2, 0.25) is 5.91 Å². The Bertz CT molecular complexity index is 624. The monoisotopic (exact) mass is 333 g/mol. The number of anilines is 1. The summed E-state index contributed by atoms with van der Waals surface area (Å²) in [6.45, 7) is 3.25. The quantitative estimate of drug-likeness (QED) is 0.879. The molecule has 1 saturated heterocycles. The minimum absolute atomic E-state index is 0.0127. The summed E-state index contributed by atoms with van der Waals surface area (Å²) >= 11 is 1.81. The fourth-order valence-corrected chi connectivity index (χ4v) is 3.88. The largest absolute Gasteiger partial charge is 0.360 e. The average molecular weight is 333 g/mol. The standard InChI is InChI=1S/C17H23N3O2S/c1-13-11-16(19-22-13)18-17(21)12-20-9-3-2-5-14(20)7-8-15-6-4-10-23-15/h4,6,10-11,14H,2-3,5,7-9,12H2,1H3,(H,18,19,21). The van der Waals surface area contributed by atoms with E-state index in [1.807, 2.05) is 18.3 Å². The molecule has 0 aliphatic carbocycles. The Morgan fingerprint density at radius 1 is 1.52 bits per heavy atom. The first kappa shape index (κ1) is 16.2. The zero-order valence-electron chi connectivity index (χ0n) is 13.5. The van der Waals surface area contributed by atoms with Gasteiger partial charge >= 0.3 is 0 Å². The molecule has 0 radical (unpaired) electrons. The number of hydrogen-bond acceptors (Lipinski definition) is 5. The van der Waals surface area contributed by atoms with Crippen molar-refractivity contribution in [2.24, 2.45) is 0 Å². The number of amides is 1. The minimum atomic E-state index is -0.0127. The van der Waals surface area contributed by atoms with Crippen LogP contribution in [0.2, 0.25) is 0 Å². The molecule has 3 rings (SSSR count). The van der Waals surface area contributed by atoms with Gasteiger partial charge in [-0.3, -0.25) is 9.69 Å². The maximum atomic E-state index is 12.2. The van der Waals surface area contributed by atoms with Gasteiger partial charge in [-0.25, -0.2) is 0 Å². The molecule has 2 aromatic heterocycles. The number of thiophene rings is 1. The average Bonchev–Trinajstić information content (AvgIpc) is 3.18. The van der Waals surface area contributed by atoms with Crippen LogP contribution < -0.4 is 5.32 Å². The topological polar surface area (TPSA) is 58.4 Å². The third kappa shape index (κ3) is 4.65. The van der Waals surface area contributed by atoms with Crippen molar-refractivity contribution < 1.29 is 9.32 Å². The van der Waals surface area contributed by atoms with E-state index in [0.29, 0.717) is 24.2 Å². The number of carbonyl (C=O) groups is 1. The van der Waals surface area contributed by atoms with Crippen LogP contribution in [-0.4, -0.2) is 35.1 Å². The van der Waals surface area contributed by atoms with Gasteiger partial charge in [0, 0.05) is 17.0 Å². The Morgan fingerprint density at radius 3 is 3.17 bits per heavy atom. The van der Waals surface area contributed by atoms with Crippen LogP contribution in [0.1, 0.15) is 36.3 Å². The number of piperidine rings is 1. The fraction of sp³-hybridized carbons (Fsp3) is 0.529. The van der Waals surface area contributed by atoms with Crippen molar-refractivity contribution in [1.82, 2.24) is 10.1 Å². The summed E-state index contributed by atoms with van der Waals surface area (Å²) in [6, 6.07) is 6.53. The van der Waals surface area contributed by atoms with Gasteiger partial charge < -0.3 is 9.84 Å². The Morgan fingerprint density at radius 2 is 2.43 bits per heavy atom. The normalized spacial score (nSPS) is 18.9. The van der Waals surface area contributed by atoms with Crippen LogP contribution in [0.5, 0.6) is 0 Å². The van der Waals surface area contributed by atoms with Gasteiger partial charge in [-0.1, -0.05) is 17.6 Å². The van der Waals surface area contributed by atoms with Gasteiger partial charge in [0.1, 0.15) is 5.76 Å². The van der Waals surface area contributed by atoms with Crippen molar-refractivity contribution in [2.45, 2.75) is 45.1 Å². The van der Waals surface area contributed by atoms with E-state index < -0.39 is 0 Å². The highest BCUT2D eigenvalue weighted by Gasteiger charge is 2.24. The van der Waals surface area contributed by atoms with Crippen molar-refractivity contribution in [3.05, 3.63) is 34.2 Å². The lowest BCUT2D eigenvalue weighted by atomic mass is 9.97. The van der Waals surface area contributed by atoms with Gasteiger partial charge in [0.15, 0.2) is 5.82 Å². The lowest BCUT2D eigenvalue weighted by Gasteiger charge is -2.35. The number of nitrogens with zero attached hydrogens (tertiary/aromatic N) is 2. The Balaban J connectivity index is 1.52. The van der Waals surface area contributed by atoms with Crippen LogP contribution >= 0.6 is 11.3 Å². The first-order valence-corrected chi connectivity index (χ1v) is 9.08. The van der Waals surface area contributed by atoms with Gasteiger partial charge in [-0.05, 0) is 50.6 Å². The summed E-state index contributed by atoms with van der Waals surface area (Å²) in [5.74, 6) is 1.19. The molecule has 1 fully saturated rings. The SMILES string of the molecule is Cc1cc(NC(=O)CN2CCCCC2CCc2cccs2)no1. The summed E-state index contributed by atoms with van der Waals surface area (Å²) in [5, 5.41) is 8.76. The van der Waals surface area contributed by atoms with Crippen molar-refractivity contribution in [3.8, 4) is 0 Å². The second kappa shape index (κ2) is 7.75. The molecule has 1 unspecified atom stereocenters. The second-order valence-electron chi connectivity index (χ2n) is 6.11. The molecule has 3 heterocycles. The Kier molecular flexibility index (Phi) is 5.46. The molecule has 1 amide bonds. The van der Waals surface area contributed by atoms with E-state index >= 15 is 0 Å². The van der Waals surface area contributed by atoms with E-state index in [1.165, 1.54) is 24.1 Å². The van der Waals surface area contributed by atoms with Crippen molar-refractivity contribution in [2.75, 3.05) is 18.4 Å². The highest BCUT2D eigenvalue weighted by molar-refractivity contribution is 7.09. The number of nitrogens with one attached hydrogen (secondary N) is 1. The van der Waals surface area contributed by atoms with Gasteiger partial charge in [0.25, 0.3) is 0 Å². The molecule has 0 spiro atoms. The van der Waals surface area contributed by atoms with Crippen molar-refractivity contribution in [3.63, 3.8) is 0 Å². The molecule has 124 valence electrons. The van der Waals surface area contributed by atoms with Gasteiger partial charge in [-0.15, -0.1) is 11.3 Å². The lowest BCUT2D eigenvalue weighted by molar-refractivity contribution is -0.118. The van der Waals surface area contributed by atoms with Gasteiger partial charge in [-0.2, -0.15) is 0 Å². The lowest BCUT2D eigenvalue weighted by Crippen LogP contribution is -2.44. The first-order valence-electron chi connectivity index (χ1n) is 8.20. The summed E-state index contributed by atoms with van der Waals surface area (Å²) in [7, 11) is 0. The molecule has 23 heavy (non-hydrogen) atoms. The molecular formula is C17H23N3O2S. The summed E-state index contributed by atoms with van der Waals surface area (Å²) in [5.41, 5.74) is 0. The predicted octanol–water partition coefficient (Wildman–Crippen LogP) is 3.47. The highest BCUT2D eigenvalue weighted by atomic mass is 32.1. The number of aromatic nitrogens is 1. The van der Waals surface area contributed by atoms with E-state index in [1.54, 1.807) is 6.07 Å². The third-order valence-corrected chi connectivity index (χ3v) is 5.23. The number of rotatable bonds is 6. The van der Waals surface area contributed by atoms with Crippen molar-refractivity contribution >= 4 is 23.1 Å². The van der Waals surface area contributed by atoms with Crippen LogP contribution in [0.3, 0.4) is 0 Å². The van der Waals surface area contributed by atoms with Gasteiger partial charge in [0.05, 0.1) is 6.54 Å². The van der Waals surface area contributed by atoms with Crippen LogP contribution in [0.25, 0.3) is 0 Å². The molecule has 1 aliphatic heterocycles. The predicted molar refractivity (Wildman–Crippen MR) is 91.7 cm³/mol. The molecule has 1 aliphatic rings. The molecule has 5 nitrogen and oxygen atoms in total. The Labute approximate surface area is 140 Å². The minimum Gasteiger partial charge on any atom is -0.360 e. The summed E-state index contributed by atoms with van der Waals surface area (Å²) < 4.78 is 4.98. The number of likely N-dealkylation sites (tertiary alicyclic amines) is 1. The Hall–Kier alpha value is -1.66. The fourth-order valence-electron chi connectivity index (χ4n) is 3.15. The second-order valence-corrected chi connectivity index (χ2v) is 7.14. The van der Waals surface area contributed by atoms with Crippen LogP contribution in [-0.2, 0) is 11.2 Å². The zero-order chi connectivity index (χ0) is 16.1. The van der Waals surface area contributed by atoms with E-state index in [2.05, 4.69) is 32.9 Å². The smallest absolute Gasteiger partial charge is 0.239 e.